The number of anilines is 1. The van der Waals surface area contributed by atoms with Crippen molar-refractivity contribution in [2.75, 3.05) is 31.5 Å². The molecule has 1 fully saturated rings. The van der Waals surface area contributed by atoms with Gasteiger partial charge in [0, 0.05) is 43.3 Å². The molecule has 0 radical (unpaired) electrons. The highest BCUT2D eigenvalue weighted by atomic mass is 35.5. The van der Waals surface area contributed by atoms with Crippen molar-refractivity contribution >= 4 is 28.9 Å². The van der Waals surface area contributed by atoms with Crippen molar-refractivity contribution in [1.82, 2.24) is 9.80 Å². The Balaban J connectivity index is 1.59. The Morgan fingerprint density at radius 1 is 1.03 bits per heavy atom. The molecule has 0 aliphatic carbocycles. The molecule has 0 spiro atoms. The van der Waals surface area contributed by atoms with Gasteiger partial charge < -0.3 is 5.32 Å². The number of hydrogen-bond acceptors (Lipinski definition) is 5. The van der Waals surface area contributed by atoms with Crippen LogP contribution in [0.3, 0.4) is 0 Å². The van der Waals surface area contributed by atoms with Crippen molar-refractivity contribution in [3.8, 4) is 0 Å². The molecule has 1 saturated heterocycles. The molecule has 2 atom stereocenters. The Morgan fingerprint density at radius 2 is 1.62 bits per heavy atom. The molecule has 7 nitrogen and oxygen atoms in total. The molecule has 1 heterocycles. The van der Waals surface area contributed by atoms with E-state index >= 15 is 0 Å². The van der Waals surface area contributed by atoms with Crippen molar-refractivity contribution in [3.63, 3.8) is 0 Å². The van der Waals surface area contributed by atoms with Crippen LogP contribution in [-0.4, -0.2) is 52.9 Å². The summed E-state index contributed by atoms with van der Waals surface area (Å²) < 4.78 is 0. The number of carbonyl (C=O) groups excluding carboxylic acids is 1. The lowest BCUT2D eigenvalue weighted by Crippen LogP contribution is -2.53. The van der Waals surface area contributed by atoms with E-state index in [4.69, 9.17) is 11.6 Å². The van der Waals surface area contributed by atoms with E-state index in [9.17, 15) is 14.9 Å². The summed E-state index contributed by atoms with van der Waals surface area (Å²) in [6.45, 7) is 7.07. The predicted octanol–water partition coefficient (Wildman–Crippen LogP) is 3.95. The highest BCUT2D eigenvalue weighted by molar-refractivity contribution is 6.31. The highest BCUT2D eigenvalue weighted by Gasteiger charge is 2.29. The third kappa shape index (κ3) is 4.93. The molecule has 1 N–H and O–H groups in total. The summed E-state index contributed by atoms with van der Waals surface area (Å²) >= 11 is 6.33. The number of benzene rings is 2. The van der Waals surface area contributed by atoms with Crippen LogP contribution in [0, 0.1) is 10.1 Å². The quantitative estimate of drug-likeness (QED) is 0.569. The van der Waals surface area contributed by atoms with Gasteiger partial charge in [-0.2, -0.15) is 0 Å². The van der Waals surface area contributed by atoms with Crippen LogP contribution in [0.15, 0.2) is 48.5 Å². The summed E-state index contributed by atoms with van der Waals surface area (Å²) in [5.41, 5.74) is 1.22. The zero-order valence-electron chi connectivity index (χ0n) is 16.5. The average Bonchev–Trinajstić information content (AvgIpc) is 2.73. The number of para-hydroxylation sites is 2. The van der Waals surface area contributed by atoms with Gasteiger partial charge >= 0.3 is 0 Å². The molecule has 154 valence electrons. The Labute approximate surface area is 175 Å². The van der Waals surface area contributed by atoms with E-state index < -0.39 is 4.92 Å². The molecule has 8 heteroatoms. The first-order chi connectivity index (χ1) is 13.9. The van der Waals surface area contributed by atoms with E-state index in [1.54, 1.807) is 18.2 Å². The normalized spacial score (nSPS) is 17.5. The molecular weight excluding hydrogens is 392 g/mol. The number of piperazine rings is 1. The summed E-state index contributed by atoms with van der Waals surface area (Å²) in [6.07, 6.45) is 0. The average molecular weight is 417 g/mol. The standard InChI is InChI=1S/C21H25ClN4O3/c1-15(17-7-3-4-8-18(17)22)24-11-13-25(14-12-24)16(2)21(27)23-19-9-5-6-10-20(19)26(28)29/h3-10,15-16H,11-14H2,1-2H3,(H,23,27). The number of nitro groups is 1. The Kier molecular flexibility index (Phi) is 6.84. The fraction of sp³-hybridized carbons (Fsp3) is 0.381. The van der Waals surface area contributed by atoms with Gasteiger partial charge in [-0.3, -0.25) is 24.7 Å². The second-order valence-corrected chi connectivity index (χ2v) is 7.62. The summed E-state index contributed by atoms with van der Waals surface area (Å²) in [6, 6.07) is 13.9. The molecule has 1 aliphatic rings. The van der Waals surface area contributed by atoms with Crippen LogP contribution in [0.25, 0.3) is 0 Å². The molecule has 3 rings (SSSR count). The highest BCUT2D eigenvalue weighted by Crippen LogP contribution is 2.28. The lowest BCUT2D eigenvalue weighted by Gasteiger charge is -2.40. The van der Waals surface area contributed by atoms with Crippen LogP contribution < -0.4 is 5.32 Å². The van der Waals surface area contributed by atoms with Crippen LogP contribution in [0.2, 0.25) is 5.02 Å². The van der Waals surface area contributed by atoms with Crippen molar-refractivity contribution in [2.45, 2.75) is 25.9 Å². The molecule has 2 unspecified atom stereocenters. The number of nitrogens with one attached hydrogen (secondary N) is 1. The van der Waals surface area contributed by atoms with Gasteiger partial charge in [-0.15, -0.1) is 0 Å². The molecular formula is C21H25ClN4O3. The minimum absolute atomic E-state index is 0.105. The summed E-state index contributed by atoms with van der Waals surface area (Å²) in [7, 11) is 0. The van der Waals surface area contributed by atoms with Crippen molar-refractivity contribution < 1.29 is 9.72 Å². The number of rotatable bonds is 6. The molecule has 0 saturated carbocycles. The van der Waals surface area contributed by atoms with Crippen LogP contribution in [0.1, 0.15) is 25.5 Å². The number of carbonyl (C=O) groups is 1. The van der Waals surface area contributed by atoms with Gasteiger partial charge in [0.05, 0.1) is 11.0 Å². The van der Waals surface area contributed by atoms with Gasteiger partial charge in [0.1, 0.15) is 5.69 Å². The van der Waals surface area contributed by atoms with Crippen molar-refractivity contribution in [1.29, 1.82) is 0 Å². The number of nitro benzene ring substituents is 1. The summed E-state index contributed by atoms with van der Waals surface area (Å²) in [4.78, 5) is 27.8. The van der Waals surface area contributed by atoms with Crippen molar-refractivity contribution in [2.24, 2.45) is 0 Å². The van der Waals surface area contributed by atoms with Gasteiger partial charge in [0.2, 0.25) is 5.91 Å². The first-order valence-electron chi connectivity index (χ1n) is 9.65. The third-order valence-corrected chi connectivity index (χ3v) is 5.88. The zero-order chi connectivity index (χ0) is 21.0. The maximum atomic E-state index is 12.7. The van der Waals surface area contributed by atoms with Gasteiger partial charge in [-0.1, -0.05) is 41.9 Å². The second-order valence-electron chi connectivity index (χ2n) is 7.21. The fourth-order valence-electron chi connectivity index (χ4n) is 3.66. The number of nitrogens with zero attached hydrogens (tertiary/aromatic N) is 3. The topological polar surface area (TPSA) is 78.7 Å². The fourth-order valence-corrected chi connectivity index (χ4v) is 3.96. The Morgan fingerprint density at radius 3 is 2.28 bits per heavy atom. The maximum Gasteiger partial charge on any atom is 0.292 e. The van der Waals surface area contributed by atoms with Crippen molar-refractivity contribution in [3.05, 3.63) is 69.2 Å². The van der Waals surface area contributed by atoms with Gasteiger partial charge in [-0.25, -0.2) is 0 Å². The Hall–Kier alpha value is -2.48. The minimum atomic E-state index is -0.491. The summed E-state index contributed by atoms with van der Waals surface area (Å²) in [5.74, 6) is -0.244. The largest absolute Gasteiger partial charge is 0.319 e. The smallest absolute Gasteiger partial charge is 0.292 e. The Bertz CT molecular complexity index is 884. The van der Waals surface area contributed by atoms with E-state index in [2.05, 4.69) is 22.0 Å². The van der Waals surface area contributed by atoms with Crippen LogP contribution in [0.4, 0.5) is 11.4 Å². The van der Waals surface area contributed by atoms with E-state index in [0.29, 0.717) is 0 Å². The van der Waals surface area contributed by atoms with Crippen LogP contribution in [-0.2, 0) is 4.79 Å². The number of halogens is 1. The first kappa shape index (κ1) is 21.2. The van der Waals surface area contributed by atoms with E-state index in [-0.39, 0.29) is 29.4 Å². The molecule has 1 aliphatic heterocycles. The number of amides is 1. The van der Waals surface area contributed by atoms with Crippen LogP contribution in [0.5, 0.6) is 0 Å². The minimum Gasteiger partial charge on any atom is -0.319 e. The van der Waals surface area contributed by atoms with Gasteiger partial charge in [0.25, 0.3) is 5.69 Å². The first-order valence-corrected chi connectivity index (χ1v) is 10.0. The van der Waals surface area contributed by atoms with E-state index in [1.807, 2.05) is 31.2 Å². The summed E-state index contributed by atoms with van der Waals surface area (Å²) in [5, 5.41) is 14.6. The molecule has 29 heavy (non-hydrogen) atoms. The lowest BCUT2D eigenvalue weighted by molar-refractivity contribution is -0.383. The SMILES string of the molecule is CC(C(=O)Nc1ccccc1[N+](=O)[O-])N1CCN(C(C)c2ccccc2Cl)CC1. The zero-order valence-corrected chi connectivity index (χ0v) is 17.3. The van der Waals surface area contributed by atoms with Gasteiger partial charge in [-0.05, 0) is 31.5 Å². The van der Waals surface area contributed by atoms with Crippen LogP contribution >= 0.6 is 11.6 Å². The number of hydrogen-bond donors (Lipinski definition) is 1. The molecule has 0 bridgehead atoms. The van der Waals surface area contributed by atoms with E-state index in [1.165, 1.54) is 6.07 Å². The molecule has 2 aromatic carbocycles. The van der Waals surface area contributed by atoms with E-state index in [0.717, 1.165) is 36.8 Å². The molecule has 0 aromatic heterocycles. The maximum absolute atomic E-state index is 12.7. The predicted molar refractivity (Wildman–Crippen MR) is 114 cm³/mol. The monoisotopic (exact) mass is 416 g/mol. The van der Waals surface area contributed by atoms with Gasteiger partial charge in [0.15, 0.2) is 0 Å². The second kappa shape index (κ2) is 9.35. The molecule has 2 aromatic rings. The molecule has 1 amide bonds. The lowest BCUT2D eigenvalue weighted by atomic mass is 10.1. The third-order valence-electron chi connectivity index (χ3n) is 5.54.